The van der Waals surface area contributed by atoms with Gasteiger partial charge in [0.2, 0.25) is 0 Å². The molecule has 3 rings (SSSR count). The van der Waals surface area contributed by atoms with E-state index in [-0.39, 0.29) is 11.2 Å². The Balaban J connectivity index is 2.09. The molecular weight excluding hydrogens is 304 g/mol. The van der Waals surface area contributed by atoms with Crippen LogP contribution in [0.3, 0.4) is 0 Å². The van der Waals surface area contributed by atoms with Gasteiger partial charge in [0, 0.05) is 25.2 Å². The summed E-state index contributed by atoms with van der Waals surface area (Å²) in [5.74, 6) is 0. The molecule has 1 atom stereocenters. The van der Waals surface area contributed by atoms with E-state index in [1.807, 2.05) is 4.90 Å². The number of aliphatic hydroxyl groups excluding tert-OH is 1. The lowest BCUT2D eigenvalue weighted by Crippen LogP contribution is -2.38. The van der Waals surface area contributed by atoms with E-state index < -0.39 is 22.1 Å². The Morgan fingerprint density at radius 1 is 1.30 bits per heavy atom. The first-order valence-corrected chi connectivity index (χ1v) is 7.28. The van der Waals surface area contributed by atoms with Crippen molar-refractivity contribution >= 4 is 16.7 Å². The predicted molar refractivity (Wildman–Crippen MR) is 82.4 cm³/mol. The SMILES string of the molecule is O=c1[nH]c2cc([N+](=O)[O-])cc(CN3CCCC(O)C3)c2[nH]c1=O. The van der Waals surface area contributed by atoms with Crippen LogP contribution < -0.4 is 11.1 Å². The van der Waals surface area contributed by atoms with Crippen LogP contribution >= 0.6 is 0 Å². The standard InChI is InChI=1S/C14H16N4O5/c19-10-2-1-3-17(7-10)6-8-4-9(18(22)23)5-11-12(8)16-14(21)13(20)15-11/h4-5,10,19H,1-3,6-7H2,(H,15,20)(H,16,21). The maximum Gasteiger partial charge on any atom is 0.314 e. The molecule has 9 heteroatoms. The van der Waals surface area contributed by atoms with Gasteiger partial charge in [-0.05, 0) is 24.9 Å². The molecule has 1 unspecified atom stereocenters. The van der Waals surface area contributed by atoms with Gasteiger partial charge in [0.05, 0.1) is 22.1 Å². The van der Waals surface area contributed by atoms with Crippen molar-refractivity contribution in [2.75, 3.05) is 13.1 Å². The number of likely N-dealkylation sites (tertiary alicyclic amines) is 1. The number of nitro groups is 1. The topological polar surface area (TPSA) is 132 Å². The van der Waals surface area contributed by atoms with Gasteiger partial charge in [-0.1, -0.05) is 0 Å². The first-order chi connectivity index (χ1) is 10.9. The Morgan fingerprint density at radius 2 is 2.04 bits per heavy atom. The van der Waals surface area contributed by atoms with E-state index >= 15 is 0 Å². The van der Waals surface area contributed by atoms with Crippen LogP contribution in [0.25, 0.3) is 11.0 Å². The fraction of sp³-hybridized carbons (Fsp3) is 0.429. The quantitative estimate of drug-likeness (QED) is 0.417. The Labute approximate surface area is 129 Å². The lowest BCUT2D eigenvalue weighted by Gasteiger charge is -2.30. The van der Waals surface area contributed by atoms with Gasteiger partial charge in [0.15, 0.2) is 0 Å². The first-order valence-electron chi connectivity index (χ1n) is 7.28. The molecule has 9 nitrogen and oxygen atoms in total. The van der Waals surface area contributed by atoms with Crippen LogP contribution in [-0.4, -0.2) is 44.1 Å². The minimum Gasteiger partial charge on any atom is -0.392 e. The van der Waals surface area contributed by atoms with Crippen LogP contribution in [0.5, 0.6) is 0 Å². The summed E-state index contributed by atoms with van der Waals surface area (Å²) in [6, 6.07) is 2.61. The molecule has 0 spiro atoms. The number of nitrogens with one attached hydrogen (secondary N) is 2. The summed E-state index contributed by atoms with van der Waals surface area (Å²) in [4.78, 5) is 40.4. The van der Waals surface area contributed by atoms with Gasteiger partial charge in [-0.3, -0.25) is 24.6 Å². The average Bonchev–Trinajstić information content (AvgIpc) is 2.49. The summed E-state index contributed by atoms with van der Waals surface area (Å²) in [5.41, 5.74) is -0.676. The summed E-state index contributed by atoms with van der Waals surface area (Å²) < 4.78 is 0. The number of aromatic amines is 2. The highest BCUT2D eigenvalue weighted by atomic mass is 16.6. The van der Waals surface area contributed by atoms with Gasteiger partial charge in [-0.25, -0.2) is 0 Å². The molecule has 2 aromatic rings. The molecule has 23 heavy (non-hydrogen) atoms. The number of rotatable bonds is 3. The number of fused-ring (bicyclic) bond motifs is 1. The zero-order chi connectivity index (χ0) is 16.6. The number of nitro benzene ring substituents is 1. The van der Waals surface area contributed by atoms with E-state index in [1.54, 1.807) is 0 Å². The van der Waals surface area contributed by atoms with E-state index in [2.05, 4.69) is 9.97 Å². The number of non-ortho nitro benzene ring substituents is 1. The number of β-amino-alcohol motifs (C(OH)–C–C–N with tert-alkyl or cyclic N) is 1. The Hall–Kier alpha value is -2.52. The summed E-state index contributed by atoms with van der Waals surface area (Å²) in [7, 11) is 0. The van der Waals surface area contributed by atoms with Crippen LogP contribution in [0.1, 0.15) is 18.4 Å². The van der Waals surface area contributed by atoms with Crippen LogP contribution in [0, 0.1) is 10.1 Å². The van der Waals surface area contributed by atoms with E-state index in [0.717, 1.165) is 19.4 Å². The second kappa shape index (κ2) is 5.94. The van der Waals surface area contributed by atoms with Gasteiger partial charge in [0.25, 0.3) is 5.69 Å². The number of aromatic nitrogens is 2. The molecule has 1 saturated heterocycles. The smallest absolute Gasteiger partial charge is 0.314 e. The lowest BCUT2D eigenvalue weighted by molar-refractivity contribution is -0.384. The van der Waals surface area contributed by atoms with E-state index in [0.29, 0.717) is 24.2 Å². The minimum atomic E-state index is -0.850. The molecule has 0 aliphatic carbocycles. The first kappa shape index (κ1) is 15.4. The molecule has 0 bridgehead atoms. The van der Waals surface area contributed by atoms with E-state index in [1.165, 1.54) is 12.1 Å². The third-order valence-corrected chi connectivity index (χ3v) is 3.98. The lowest BCUT2D eigenvalue weighted by atomic mass is 10.1. The van der Waals surface area contributed by atoms with Crippen molar-refractivity contribution in [1.82, 2.24) is 14.9 Å². The van der Waals surface area contributed by atoms with Crippen molar-refractivity contribution in [3.8, 4) is 0 Å². The van der Waals surface area contributed by atoms with Gasteiger partial charge in [0.1, 0.15) is 0 Å². The number of nitrogens with zero attached hydrogens (tertiary/aromatic N) is 2. The van der Waals surface area contributed by atoms with Crippen LogP contribution in [0.15, 0.2) is 21.7 Å². The van der Waals surface area contributed by atoms with Crippen LogP contribution in [-0.2, 0) is 6.54 Å². The van der Waals surface area contributed by atoms with Gasteiger partial charge in [-0.15, -0.1) is 0 Å². The fourth-order valence-corrected chi connectivity index (χ4v) is 2.93. The van der Waals surface area contributed by atoms with Gasteiger partial charge in [-0.2, -0.15) is 0 Å². The highest BCUT2D eigenvalue weighted by Gasteiger charge is 2.20. The van der Waals surface area contributed by atoms with Crippen molar-refractivity contribution in [3.05, 3.63) is 48.5 Å². The second-order valence-electron chi connectivity index (χ2n) is 5.72. The molecule has 0 radical (unpaired) electrons. The summed E-state index contributed by atoms with van der Waals surface area (Å²) in [6.07, 6.45) is 1.14. The van der Waals surface area contributed by atoms with Gasteiger partial charge < -0.3 is 15.1 Å². The molecule has 1 fully saturated rings. The zero-order valence-electron chi connectivity index (χ0n) is 12.2. The number of aliphatic hydroxyl groups is 1. The highest BCUT2D eigenvalue weighted by molar-refractivity contribution is 5.80. The summed E-state index contributed by atoms with van der Waals surface area (Å²) >= 11 is 0. The second-order valence-corrected chi connectivity index (χ2v) is 5.72. The Morgan fingerprint density at radius 3 is 2.74 bits per heavy atom. The summed E-state index contributed by atoms with van der Waals surface area (Å²) in [6.45, 7) is 1.57. The Kier molecular flexibility index (Phi) is 3.97. The number of benzene rings is 1. The molecule has 122 valence electrons. The largest absolute Gasteiger partial charge is 0.392 e. The van der Waals surface area contributed by atoms with Crippen molar-refractivity contribution in [2.45, 2.75) is 25.5 Å². The Bertz CT molecular complexity index is 872. The monoisotopic (exact) mass is 320 g/mol. The van der Waals surface area contributed by atoms with E-state index in [9.17, 15) is 24.8 Å². The molecular formula is C14H16N4O5. The number of hydrogen-bond acceptors (Lipinski definition) is 6. The van der Waals surface area contributed by atoms with Crippen LogP contribution in [0.4, 0.5) is 5.69 Å². The van der Waals surface area contributed by atoms with Crippen LogP contribution in [0.2, 0.25) is 0 Å². The molecule has 1 aliphatic heterocycles. The highest BCUT2D eigenvalue weighted by Crippen LogP contribution is 2.24. The normalized spacial score (nSPS) is 19.1. The molecule has 0 saturated carbocycles. The molecule has 3 N–H and O–H groups in total. The van der Waals surface area contributed by atoms with E-state index in [4.69, 9.17) is 0 Å². The van der Waals surface area contributed by atoms with Crippen molar-refractivity contribution < 1.29 is 10.0 Å². The predicted octanol–water partition coefficient (Wildman–Crippen LogP) is 0.0813. The third kappa shape index (κ3) is 3.15. The average molecular weight is 320 g/mol. The molecule has 1 aromatic heterocycles. The molecule has 1 aliphatic rings. The maximum atomic E-state index is 11.6. The fourth-order valence-electron chi connectivity index (χ4n) is 2.93. The summed E-state index contributed by atoms with van der Waals surface area (Å²) in [5, 5.41) is 20.8. The maximum absolute atomic E-state index is 11.6. The third-order valence-electron chi connectivity index (χ3n) is 3.98. The molecule has 0 amide bonds. The molecule has 1 aromatic carbocycles. The van der Waals surface area contributed by atoms with Gasteiger partial charge >= 0.3 is 11.1 Å². The van der Waals surface area contributed by atoms with Crippen molar-refractivity contribution in [1.29, 1.82) is 0 Å². The number of H-pyrrole nitrogens is 2. The van der Waals surface area contributed by atoms with Crippen molar-refractivity contribution in [3.63, 3.8) is 0 Å². The molecule has 2 heterocycles. The minimum absolute atomic E-state index is 0.159. The zero-order valence-corrected chi connectivity index (χ0v) is 12.2. The number of hydrogen-bond donors (Lipinski definition) is 3. The van der Waals surface area contributed by atoms with Crippen molar-refractivity contribution in [2.24, 2.45) is 0 Å². The number of piperidine rings is 1.